The fourth-order valence-corrected chi connectivity index (χ4v) is 5.82. The summed E-state index contributed by atoms with van der Waals surface area (Å²) in [6.45, 7) is 4.27. The summed E-state index contributed by atoms with van der Waals surface area (Å²) in [7, 11) is 1.95. The number of nitrogens with one attached hydrogen (secondary N) is 1. The van der Waals surface area contributed by atoms with Crippen LogP contribution in [0.4, 0.5) is 0 Å². The van der Waals surface area contributed by atoms with Crippen molar-refractivity contribution in [1.29, 1.82) is 5.26 Å². The summed E-state index contributed by atoms with van der Waals surface area (Å²) in [6, 6.07) is 15.8. The first kappa shape index (κ1) is 22.8. The van der Waals surface area contributed by atoms with Gasteiger partial charge in [-0.1, -0.05) is 48.3 Å². The van der Waals surface area contributed by atoms with Crippen LogP contribution in [0.2, 0.25) is 10.0 Å². The number of nitriles is 1. The van der Waals surface area contributed by atoms with E-state index in [2.05, 4.69) is 37.4 Å². The highest BCUT2D eigenvalue weighted by atomic mass is 35.5. The van der Waals surface area contributed by atoms with Crippen molar-refractivity contribution >= 4 is 29.5 Å². The molecular formula is C25H28Cl2N2O. The first-order chi connectivity index (χ1) is 14.4. The lowest BCUT2D eigenvalue weighted by Gasteiger charge is -2.51. The van der Waals surface area contributed by atoms with Gasteiger partial charge in [-0.15, -0.1) is 0 Å². The number of rotatable bonds is 6. The summed E-state index contributed by atoms with van der Waals surface area (Å²) < 4.78 is 0. The zero-order valence-corrected chi connectivity index (χ0v) is 19.2. The fourth-order valence-electron chi connectivity index (χ4n) is 5.37. The lowest BCUT2D eigenvalue weighted by Crippen LogP contribution is -2.50. The molecule has 4 unspecified atom stereocenters. The molecule has 5 atom stereocenters. The number of carbonyl (C=O) groups is 1. The van der Waals surface area contributed by atoms with Gasteiger partial charge in [0.2, 0.25) is 0 Å². The summed E-state index contributed by atoms with van der Waals surface area (Å²) in [5.41, 5.74) is 2.36. The molecule has 0 bridgehead atoms. The quantitative estimate of drug-likeness (QED) is 0.530. The van der Waals surface area contributed by atoms with Gasteiger partial charge in [-0.05, 0) is 86.4 Å². The molecule has 1 saturated carbocycles. The lowest BCUT2D eigenvalue weighted by atomic mass is 9.53. The summed E-state index contributed by atoms with van der Waals surface area (Å²) in [6.07, 6.45) is 3.66. The summed E-state index contributed by atoms with van der Waals surface area (Å²) >= 11 is 12.8. The van der Waals surface area contributed by atoms with E-state index in [4.69, 9.17) is 23.2 Å². The van der Waals surface area contributed by atoms with Crippen molar-refractivity contribution in [2.75, 3.05) is 7.05 Å². The molecule has 0 spiro atoms. The van der Waals surface area contributed by atoms with Crippen LogP contribution < -0.4 is 5.32 Å². The molecule has 1 aliphatic rings. The molecule has 2 aromatic carbocycles. The first-order valence-corrected chi connectivity index (χ1v) is 11.2. The molecule has 0 aromatic heterocycles. The van der Waals surface area contributed by atoms with Crippen molar-refractivity contribution in [3.63, 3.8) is 0 Å². The highest BCUT2D eigenvalue weighted by Crippen LogP contribution is 2.57. The van der Waals surface area contributed by atoms with Gasteiger partial charge in [0.15, 0.2) is 0 Å². The number of halogens is 2. The minimum absolute atomic E-state index is 0.0917. The third-order valence-electron chi connectivity index (χ3n) is 7.08. The van der Waals surface area contributed by atoms with E-state index in [1.807, 2.05) is 31.3 Å². The molecular weight excluding hydrogens is 415 g/mol. The van der Waals surface area contributed by atoms with Crippen LogP contribution >= 0.6 is 23.2 Å². The van der Waals surface area contributed by atoms with Crippen molar-refractivity contribution in [3.05, 3.63) is 69.2 Å². The number of hydrogen-bond acceptors (Lipinski definition) is 3. The lowest BCUT2D eigenvalue weighted by molar-refractivity contribution is -0.123. The van der Waals surface area contributed by atoms with Gasteiger partial charge in [0.05, 0.1) is 11.6 Å². The third kappa shape index (κ3) is 4.14. The standard InChI is InChI=1S/C25H28Cl2N2O/c1-4-25(15-30)12-11-21(20-10-5-17(14-28)13-22(20)27)23(24(25)16(2)29-3)18-6-8-19(26)9-7-18/h5-10,13,15-16,21,23-24,29H,4,11-12H2,1-3H3/t16?,21?,23?,24-,25?/m0/s1. The Balaban J connectivity index is 2.20. The summed E-state index contributed by atoms with van der Waals surface area (Å²) in [5, 5.41) is 14.0. The number of aldehydes is 1. The van der Waals surface area contributed by atoms with Gasteiger partial charge in [-0.25, -0.2) is 0 Å². The van der Waals surface area contributed by atoms with E-state index >= 15 is 0 Å². The molecule has 1 aliphatic carbocycles. The highest BCUT2D eigenvalue weighted by Gasteiger charge is 2.51. The molecule has 5 heteroatoms. The average Bonchev–Trinajstić information content (AvgIpc) is 2.78. The summed E-state index contributed by atoms with van der Waals surface area (Å²) in [5.74, 6) is 0.331. The van der Waals surface area contributed by atoms with Crippen LogP contribution in [0.25, 0.3) is 0 Å². The Hall–Kier alpha value is -1.86. The molecule has 0 aliphatic heterocycles. The van der Waals surface area contributed by atoms with Gasteiger partial charge >= 0.3 is 0 Å². The Bertz CT molecular complexity index is 937. The normalized spacial score (nSPS) is 27.3. The molecule has 0 saturated heterocycles. The first-order valence-electron chi connectivity index (χ1n) is 10.5. The van der Waals surface area contributed by atoms with Crippen molar-refractivity contribution in [2.45, 2.75) is 51.0 Å². The van der Waals surface area contributed by atoms with E-state index in [-0.39, 0.29) is 23.8 Å². The van der Waals surface area contributed by atoms with Gasteiger partial charge in [0, 0.05) is 21.5 Å². The smallest absolute Gasteiger partial charge is 0.126 e. The Labute approximate surface area is 189 Å². The van der Waals surface area contributed by atoms with Crippen LogP contribution in [-0.4, -0.2) is 19.4 Å². The van der Waals surface area contributed by atoms with Crippen molar-refractivity contribution in [2.24, 2.45) is 11.3 Å². The number of nitrogens with zero attached hydrogens (tertiary/aromatic N) is 1. The monoisotopic (exact) mass is 442 g/mol. The van der Waals surface area contributed by atoms with E-state index < -0.39 is 5.41 Å². The zero-order valence-electron chi connectivity index (χ0n) is 17.7. The molecule has 1 fully saturated rings. The SMILES string of the molecule is CCC1(C=O)CCC(c2ccc(C#N)cc2Cl)C(c2ccc(Cl)cc2)[C@@H]1C(C)NC. The van der Waals surface area contributed by atoms with Gasteiger partial charge in [-0.2, -0.15) is 5.26 Å². The van der Waals surface area contributed by atoms with Crippen molar-refractivity contribution in [1.82, 2.24) is 5.32 Å². The molecule has 30 heavy (non-hydrogen) atoms. The molecule has 3 nitrogen and oxygen atoms in total. The Morgan fingerprint density at radius 2 is 1.97 bits per heavy atom. The van der Waals surface area contributed by atoms with E-state index in [0.29, 0.717) is 15.6 Å². The molecule has 0 amide bonds. The minimum Gasteiger partial charge on any atom is -0.317 e. The van der Waals surface area contributed by atoms with E-state index in [0.717, 1.165) is 30.4 Å². The van der Waals surface area contributed by atoms with Gasteiger partial charge in [0.1, 0.15) is 6.29 Å². The number of carbonyl (C=O) groups excluding carboxylic acids is 1. The topological polar surface area (TPSA) is 52.9 Å². The molecule has 3 rings (SSSR count). The second-order valence-electron chi connectivity index (χ2n) is 8.38. The van der Waals surface area contributed by atoms with Gasteiger partial charge in [0.25, 0.3) is 0 Å². The maximum absolute atomic E-state index is 12.5. The van der Waals surface area contributed by atoms with Crippen molar-refractivity contribution in [3.8, 4) is 6.07 Å². The fraction of sp³-hybridized carbons (Fsp3) is 0.440. The van der Waals surface area contributed by atoms with Crippen LogP contribution in [0.5, 0.6) is 0 Å². The third-order valence-corrected chi connectivity index (χ3v) is 7.66. The van der Waals surface area contributed by atoms with Crippen LogP contribution in [0.15, 0.2) is 42.5 Å². The zero-order chi connectivity index (χ0) is 21.9. The predicted molar refractivity (Wildman–Crippen MR) is 123 cm³/mol. The Kier molecular flexibility index (Phi) is 7.24. The number of benzene rings is 2. The second kappa shape index (κ2) is 9.52. The molecule has 0 radical (unpaired) electrons. The minimum atomic E-state index is -0.400. The van der Waals surface area contributed by atoms with Crippen LogP contribution in [0.3, 0.4) is 0 Å². The molecule has 1 N–H and O–H groups in total. The predicted octanol–water partition coefficient (Wildman–Crippen LogP) is 6.35. The maximum atomic E-state index is 12.5. The highest BCUT2D eigenvalue weighted by molar-refractivity contribution is 6.31. The van der Waals surface area contributed by atoms with Crippen LogP contribution in [-0.2, 0) is 4.79 Å². The summed E-state index contributed by atoms with van der Waals surface area (Å²) in [4.78, 5) is 12.5. The second-order valence-corrected chi connectivity index (χ2v) is 9.22. The van der Waals surface area contributed by atoms with Crippen LogP contribution in [0, 0.1) is 22.7 Å². The van der Waals surface area contributed by atoms with Crippen LogP contribution in [0.1, 0.15) is 61.6 Å². The average molecular weight is 443 g/mol. The Morgan fingerprint density at radius 3 is 2.50 bits per heavy atom. The van der Waals surface area contributed by atoms with Gasteiger partial charge in [-0.3, -0.25) is 0 Å². The maximum Gasteiger partial charge on any atom is 0.126 e. The molecule has 158 valence electrons. The molecule has 2 aromatic rings. The molecule has 0 heterocycles. The van der Waals surface area contributed by atoms with E-state index in [9.17, 15) is 10.1 Å². The van der Waals surface area contributed by atoms with E-state index in [1.165, 1.54) is 6.29 Å². The Morgan fingerprint density at radius 1 is 1.27 bits per heavy atom. The number of hydrogen-bond donors (Lipinski definition) is 1. The van der Waals surface area contributed by atoms with Gasteiger partial charge < -0.3 is 10.1 Å². The van der Waals surface area contributed by atoms with E-state index in [1.54, 1.807) is 6.07 Å². The largest absolute Gasteiger partial charge is 0.317 e. The van der Waals surface area contributed by atoms with Crippen molar-refractivity contribution < 1.29 is 4.79 Å².